The lowest BCUT2D eigenvalue weighted by Crippen LogP contribution is -2.38. The highest BCUT2D eigenvalue weighted by molar-refractivity contribution is 7.89. The van der Waals surface area contributed by atoms with E-state index >= 15 is 0 Å². The molecule has 4 N–H and O–H groups in total. The Kier molecular flexibility index (Phi) is 7.60. The van der Waals surface area contributed by atoms with E-state index in [1.807, 2.05) is 30.3 Å². The van der Waals surface area contributed by atoms with Gasteiger partial charge in [-0.25, -0.2) is 13.1 Å². The normalized spacial score (nSPS) is 15.9. The van der Waals surface area contributed by atoms with E-state index < -0.39 is 10.0 Å². The average Bonchev–Trinajstić information content (AvgIpc) is 3.51. The quantitative estimate of drug-likeness (QED) is 0.607. The summed E-state index contributed by atoms with van der Waals surface area (Å²) in [6.45, 7) is 2.17. The molecule has 0 heterocycles. The van der Waals surface area contributed by atoms with E-state index in [0.717, 1.165) is 18.4 Å². The Labute approximate surface area is 172 Å². The summed E-state index contributed by atoms with van der Waals surface area (Å²) in [4.78, 5) is 12.4. The van der Waals surface area contributed by atoms with Crippen LogP contribution in [0.15, 0.2) is 59.5 Å². The van der Waals surface area contributed by atoms with Gasteiger partial charge in [-0.05, 0) is 49.4 Å². The van der Waals surface area contributed by atoms with Crippen molar-refractivity contribution in [3.05, 3.63) is 65.7 Å². The topological polar surface area (TPSA) is 101 Å². The first kappa shape index (κ1) is 22.4. The van der Waals surface area contributed by atoms with E-state index in [9.17, 15) is 13.2 Å². The Morgan fingerprint density at radius 1 is 1.14 bits per heavy atom. The highest BCUT2D eigenvalue weighted by Gasteiger charge is 2.28. The van der Waals surface area contributed by atoms with Crippen LogP contribution in [0.5, 0.6) is 0 Å². The van der Waals surface area contributed by atoms with Gasteiger partial charge >= 0.3 is 0 Å². The molecule has 0 aliphatic heterocycles. The number of nitrogens with two attached hydrogens (primary N) is 1. The second kappa shape index (κ2) is 9.52. The van der Waals surface area contributed by atoms with Crippen molar-refractivity contribution in [3.8, 4) is 0 Å². The molecule has 0 radical (unpaired) electrons. The zero-order valence-electron chi connectivity index (χ0n) is 15.7. The van der Waals surface area contributed by atoms with Crippen molar-refractivity contribution in [1.29, 1.82) is 0 Å². The summed E-state index contributed by atoms with van der Waals surface area (Å²) in [7, 11) is -3.75. The van der Waals surface area contributed by atoms with Gasteiger partial charge in [-0.1, -0.05) is 36.4 Å². The zero-order chi connectivity index (χ0) is 19.4. The molecule has 1 aliphatic rings. The lowest BCUT2D eigenvalue weighted by molar-refractivity contribution is 0.0950. The molecule has 1 fully saturated rings. The van der Waals surface area contributed by atoms with Crippen molar-refractivity contribution in [2.45, 2.75) is 36.7 Å². The van der Waals surface area contributed by atoms with Crippen LogP contribution in [0.3, 0.4) is 0 Å². The molecule has 1 aliphatic carbocycles. The molecule has 2 aromatic carbocycles. The molecule has 1 saturated carbocycles. The molecule has 0 aromatic heterocycles. The van der Waals surface area contributed by atoms with Gasteiger partial charge in [0, 0.05) is 24.2 Å². The average molecular weight is 424 g/mol. The molecule has 0 spiro atoms. The molecule has 8 heteroatoms. The van der Waals surface area contributed by atoms with Gasteiger partial charge in [-0.3, -0.25) is 4.79 Å². The Morgan fingerprint density at radius 3 is 2.46 bits per heavy atom. The van der Waals surface area contributed by atoms with Crippen LogP contribution in [-0.2, 0) is 10.0 Å². The van der Waals surface area contributed by atoms with Crippen LogP contribution in [0.1, 0.15) is 41.7 Å². The number of carbonyl (C=O) groups excluding carboxylic acids is 1. The molecule has 3 rings (SSSR count). The van der Waals surface area contributed by atoms with E-state index in [1.165, 1.54) is 12.1 Å². The van der Waals surface area contributed by atoms with Crippen LogP contribution in [-0.4, -0.2) is 26.9 Å². The summed E-state index contributed by atoms with van der Waals surface area (Å²) < 4.78 is 28.0. The Hall–Kier alpha value is -1.93. The fraction of sp³-hybridized carbons (Fsp3) is 0.350. The summed E-state index contributed by atoms with van der Waals surface area (Å²) in [5.41, 5.74) is 7.16. The summed E-state index contributed by atoms with van der Waals surface area (Å²) in [5, 5.41) is 2.79. The van der Waals surface area contributed by atoms with Gasteiger partial charge in [0.15, 0.2) is 0 Å². The number of sulfonamides is 1. The standard InChI is InChI=1S/C20H25N3O3S.ClH/c1-14(15-6-3-2-4-7-15)23-27(25,26)18-9-5-8-17(12-18)20(24)22-13-19(21)16-10-11-16;/h2-9,12,14,16,19,23H,10-11,13,21H2,1H3,(H,22,24);1H. The number of carbonyl (C=O) groups is 1. The third-order valence-electron chi connectivity index (χ3n) is 4.76. The van der Waals surface area contributed by atoms with Gasteiger partial charge < -0.3 is 11.1 Å². The zero-order valence-corrected chi connectivity index (χ0v) is 17.3. The summed E-state index contributed by atoms with van der Waals surface area (Å²) in [5.74, 6) is 0.167. The molecule has 152 valence electrons. The van der Waals surface area contributed by atoms with Crippen LogP contribution in [0, 0.1) is 5.92 Å². The van der Waals surface area contributed by atoms with Crippen molar-refractivity contribution in [3.63, 3.8) is 0 Å². The van der Waals surface area contributed by atoms with Gasteiger partial charge in [0.2, 0.25) is 10.0 Å². The Bertz CT molecular complexity index is 902. The van der Waals surface area contributed by atoms with Crippen LogP contribution in [0.2, 0.25) is 0 Å². The maximum Gasteiger partial charge on any atom is 0.251 e. The van der Waals surface area contributed by atoms with Crippen molar-refractivity contribution >= 4 is 28.3 Å². The third-order valence-corrected chi connectivity index (χ3v) is 6.30. The molecule has 2 aromatic rings. The third kappa shape index (κ3) is 5.78. The number of benzene rings is 2. The molecule has 0 bridgehead atoms. The van der Waals surface area contributed by atoms with Gasteiger partial charge in [-0.2, -0.15) is 0 Å². The molecule has 28 heavy (non-hydrogen) atoms. The van der Waals surface area contributed by atoms with Crippen LogP contribution >= 0.6 is 12.4 Å². The van der Waals surface area contributed by atoms with Gasteiger partial charge in [0.05, 0.1) is 4.90 Å². The first-order valence-electron chi connectivity index (χ1n) is 9.08. The number of nitrogens with one attached hydrogen (secondary N) is 2. The highest BCUT2D eigenvalue weighted by atomic mass is 35.5. The Balaban J connectivity index is 0.00000280. The molecular weight excluding hydrogens is 398 g/mol. The van der Waals surface area contributed by atoms with E-state index in [2.05, 4.69) is 10.0 Å². The van der Waals surface area contributed by atoms with Gasteiger partial charge in [-0.15, -0.1) is 12.4 Å². The van der Waals surface area contributed by atoms with Crippen molar-refractivity contribution in [1.82, 2.24) is 10.0 Å². The first-order valence-corrected chi connectivity index (χ1v) is 10.6. The largest absolute Gasteiger partial charge is 0.350 e. The fourth-order valence-electron chi connectivity index (χ4n) is 2.92. The SMILES string of the molecule is CC(NS(=O)(=O)c1cccc(C(=O)NCC(N)C2CC2)c1)c1ccccc1.Cl. The summed E-state index contributed by atoms with van der Waals surface area (Å²) in [6, 6.07) is 14.9. The van der Waals surface area contributed by atoms with E-state index in [-0.39, 0.29) is 35.3 Å². The molecule has 1 amide bonds. The fourth-order valence-corrected chi connectivity index (χ4v) is 4.20. The predicted octanol–water partition coefficient (Wildman–Crippen LogP) is 2.62. The smallest absolute Gasteiger partial charge is 0.251 e. The maximum absolute atomic E-state index is 12.7. The predicted molar refractivity (Wildman–Crippen MR) is 112 cm³/mol. The van der Waals surface area contributed by atoms with Crippen molar-refractivity contribution < 1.29 is 13.2 Å². The number of rotatable bonds is 8. The monoisotopic (exact) mass is 423 g/mol. The minimum Gasteiger partial charge on any atom is -0.350 e. The van der Waals surface area contributed by atoms with E-state index in [1.54, 1.807) is 19.1 Å². The second-order valence-electron chi connectivity index (χ2n) is 6.99. The molecular formula is C20H26ClN3O3S. The number of hydrogen-bond acceptors (Lipinski definition) is 4. The molecule has 2 unspecified atom stereocenters. The molecule has 0 saturated heterocycles. The minimum absolute atomic E-state index is 0. The van der Waals surface area contributed by atoms with E-state index in [4.69, 9.17) is 5.73 Å². The van der Waals surface area contributed by atoms with Gasteiger partial charge in [0.1, 0.15) is 0 Å². The molecule has 2 atom stereocenters. The number of hydrogen-bond donors (Lipinski definition) is 3. The molecule has 6 nitrogen and oxygen atoms in total. The number of halogens is 1. The Morgan fingerprint density at radius 2 is 1.82 bits per heavy atom. The van der Waals surface area contributed by atoms with Crippen molar-refractivity contribution in [2.24, 2.45) is 11.7 Å². The van der Waals surface area contributed by atoms with Crippen molar-refractivity contribution in [2.75, 3.05) is 6.54 Å². The summed E-state index contributed by atoms with van der Waals surface area (Å²) >= 11 is 0. The van der Waals surface area contributed by atoms with Crippen LogP contribution in [0.4, 0.5) is 0 Å². The van der Waals surface area contributed by atoms with Crippen LogP contribution < -0.4 is 15.8 Å². The second-order valence-corrected chi connectivity index (χ2v) is 8.71. The first-order chi connectivity index (χ1) is 12.9. The highest BCUT2D eigenvalue weighted by Crippen LogP contribution is 2.31. The van der Waals surface area contributed by atoms with Crippen LogP contribution in [0.25, 0.3) is 0 Å². The lowest BCUT2D eigenvalue weighted by Gasteiger charge is -2.15. The maximum atomic E-state index is 12.7. The van der Waals surface area contributed by atoms with Gasteiger partial charge in [0.25, 0.3) is 5.91 Å². The van der Waals surface area contributed by atoms with E-state index in [0.29, 0.717) is 18.0 Å². The number of amides is 1. The minimum atomic E-state index is -3.75. The summed E-state index contributed by atoms with van der Waals surface area (Å²) in [6.07, 6.45) is 2.21. The lowest BCUT2D eigenvalue weighted by atomic mass is 10.1.